The molecule has 0 aliphatic heterocycles. The zero-order chi connectivity index (χ0) is 15.7. The molecule has 0 spiro atoms. The van der Waals surface area contributed by atoms with Crippen LogP contribution < -0.4 is 4.74 Å². The molecular weight excluding hydrogens is 289 g/mol. The van der Waals surface area contributed by atoms with Crippen LogP contribution >= 0.6 is 0 Å². The molecule has 112 valence electrons. The Labute approximate surface area is 117 Å². The number of hydrogen-bond acceptors (Lipinski definition) is 4. The SMILES string of the molecule is COc1ccc([C@](O)(C(=O)c2ccco2)C(F)(F)F)cc1. The van der Waals surface area contributed by atoms with Crippen molar-refractivity contribution in [3.63, 3.8) is 0 Å². The van der Waals surface area contributed by atoms with Crippen molar-refractivity contribution in [1.82, 2.24) is 0 Å². The van der Waals surface area contributed by atoms with Gasteiger partial charge in [-0.25, -0.2) is 0 Å². The van der Waals surface area contributed by atoms with Gasteiger partial charge in [0.25, 0.3) is 5.60 Å². The Bertz CT molecular complexity index is 617. The van der Waals surface area contributed by atoms with Crippen molar-refractivity contribution in [2.75, 3.05) is 7.11 Å². The first-order valence-electron chi connectivity index (χ1n) is 5.82. The van der Waals surface area contributed by atoms with Crippen LogP contribution in [0, 0.1) is 0 Å². The first kappa shape index (κ1) is 15.1. The fraction of sp³-hybridized carbons (Fsp3) is 0.214. The summed E-state index contributed by atoms with van der Waals surface area (Å²) in [6.45, 7) is 0. The molecule has 0 bridgehead atoms. The summed E-state index contributed by atoms with van der Waals surface area (Å²) in [5.74, 6) is -1.86. The third-order valence-corrected chi connectivity index (χ3v) is 2.99. The predicted molar refractivity (Wildman–Crippen MR) is 66.0 cm³/mol. The fourth-order valence-electron chi connectivity index (χ4n) is 1.84. The number of rotatable bonds is 4. The average Bonchev–Trinajstić information content (AvgIpc) is 2.98. The number of alkyl halides is 3. The van der Waals surface area contributed by atoms with Gasteiger partial charge in [0.05, 0.1) is 13.4 Å². The van der Waals surface area contributed by atoms with E-state index in [2.05, 4.69) is 4.42 Å². The second-order valence-electron chi connectivity index (χ2n) is 4.24. The van der Waals surface area contributed by atoms with Crippen LogP contribution in [0.4, 0.5) is 13.2 Å². The van der Waals surface area contributed by atoms with E-state index in [-0.39, 0.29) is 0 Å². The van der Waals surface area contributed by atoms with Gasteiger partial charge in [-0.15, -0.1) is 0 Å². The lowest BCUT2D eigenvalue weighted by molar-refractivity contribution is -0.242. The average molecular weight is 300 g/mol. The number of methoxy groups -OCH3 is 1. The number of hydrogen-bond donors (Lipinski definition) is 1. The van der Waals surface area contributed by atoms with Crippen LogP contribution in [0.25, 0.3) is 0 Å². The Hall–Kier alpha value is -2.28. The molecule has 0 amide bonds. The number of Topliss-reactive ketones (excluding diaryl/α,β-unsaturated/α-hetero) is 1. The van der Waals surface area contributed by atoms with E-state index >= 15 is 0 Å². The number of carbonyl (C=O) groups is 1. The lowest BCUT2D eigenvalue weighted by Gasteiger charge is -2.28. The van der Waals surface area contributed by atoms with Gasteiger partial charge in [0.2, 0.25) is 5.78 Å². The quantitative estimate of drug-likeness (QED) is 0.882. The molecule has 0 fully saturated rings. The third kappa shape index (κ3) is 2.52. The number of ether oxygens (including phenoxy) is 1. The summed E-state index contributed by atoms with van der Waals surface area (Å²) in [5.41, 5.74) is -4.30. The van der Waals surface area contributed by atoms with Gasteiger partial charge in [0, 0.05) is 5.56 Å². The van der Waals surface area contributed by atoms with E-state index in [4.69, 9.17) is 4.74 Å². The van der Waals surface area contributed by atoms with Gasteiger partial charge in [-0.1, -0.05) is 12.1 Å². The molecular formula is C14H11F3O4. The molecule has 1 atom stereocenters. The number of aliphatic hydroxyl groups is 1. The van der Waals surface area contributed by atoms with Crippen molar-refractivity contribution in [2.45, 2.75) is 11.8 Å². The van der Waals surface area contributed by atoms with Gasteiger partial charge in [-0.2, -0.15) is 13.2 Å². The molecule has 1 heterocycles. The normalized spacial score (nSPS) is 14.5. The van der Waals surface area contributed by atoms with E-state index in [0.717, 1.165) is 24.5 Å². The zero-order valence-electron chi connectivity index (χ0n) is 10.8. The first-order chi connectivity index (χ1) is 9.80. The topological polar surface area (TPSA) is 59.7 Å². The second kappa shape index (κ2) is 5.25. The van der Waals surface area contributed by atoms with Crippen LogP contribution in [-0.4, -0.2) is 24.2 Å². The molecule has 7 heteroatoms. The number of carbonyl (C=O) groups excluding carboxylic acids is 1. The highest BCUT2D eigenvalue weighted by atomic mass is 19.4. The van der Waals surface area contributed by atoms with Crippen LogP contribution in [0.5, 0.6) is 5.75 Å². The monoisotopic (exact) mass is 300 g/mol. The molecule has 0 radical (unpaired) electrons. The van der Waals surface area contributed by atoms with Crippen LogP contribution in [0.2, 0.25) is 0 Å². The molecule has 2 rings (SSSR count). The van der Waals surface area contributed by atoms with Gasteiger partial charge in [0.15, 0.2) is 5.76 Å². The Morgan fingerprint density at radius 2 is 1.81 bits per heavy atom. The summed E-state index contributed by atoms with van der Waals surface area (Å²) in [6.07, 6.45) is -4.15. The van der Waals surface area contributed by atoms with E-state index in [1.165, 1.54) is 25.3 Å². The van der Waals surface area contributed by atoms with Crippen molar-refractivity contribution in [2.24, 2.45) is 0 Å². The van der Waals surface area contributed by atoms with Crippen molar-refractivity contribution in [3.8, 4) is 5.75 Å². The summed E-state index contributed by atoms with van der Waals surface area (Å²) in [4.78, 5) is 12.0. The number of ketones is 1. The molecule has 1 N–H and O–H groups in total. The second-order valence-corrected chi connectivity index (χ2v) is 4.24. The molecule has 1 aromatic carbocycles. The van der Waals surface area contributed by atoms with E-state index < -0.39 is 28.9 Å². The summed E-state index contributed by atoms with van der Waals surface area (Å²) >= 11 is 0. The Balaban J connectivity index is 2.54. The van der Waals surface area contributed by atoms with Crippen LogP contribution in [0.1, 0.15) is 16.1 Å². The first-order valence-corrected chi connectivity index (χ1v) is 5.82. The highest BCUT2D eigenvalue weighted by Gasteiger charge is 2.61. The van der Waals surface area contributed by atoms with Crippen molar-refractivity contribution in [1.29, 1.82) is 0 Å². The highest BCUT2D eigenvalue weighted by Crippen LogP contribution is 2.41. The van der Waals surface area contributed by atoms with Crippen molar-refractivity contribution >= 4 is 5.78 Å². The Morgan fingerprint density at radius 3 is 2.24 bits per heavy atom. The maximum atomic E-state index is 13.3. The maximum Gasteiger partial charge on any atom is 0.429 e. The largest absolute Gasteiger partial charge is 0.497 e. The number of benzene rings is 1. The van der Waals surface area contributed by atoms with E-state index in [9.17, 15) is 23.1 Å². The minimum absolute atomic E-state index is 0.300. The molecule has 21 heavy (non-hydrogen) atoms. The lowest BCUT2D eigenvalue weighted by Crippen LogP contribution is -2.49. The van der Waals surface area contributed by atoms with Gasteiger partial charge in [-0.05, 0) is 24.3 Å². The summed E-state index contributed by atoms with van der Waals surface area (Å²) < 4.78 is 49.3. The molecule has 4 nitrogen and oxygen atoms in total. The predicted octanol–water partition coefficient (Wildman–Crippen LogP) is 2.92. The Kier molecular flexibility index (Phi) is 3.78. The zero-order valence-corrected chi connectivity index (χ0v) is 10.8. The van der Waals surface area contributed by atoms with Crippen molar-refractivity contribution in [3.05, 3.63) is 54.0 Å². The molecule has 1 aromatic heterocycles. The van der Waals surface area contributed by atoms with Crippen LogP contribution in [0.15, 0.2) is 47.1 Å². The van der Waals surface area contributed by atoms with E-state index in [1.807, 2.05) is 0 Å². The number of halogens is 3. The van der Waals surface area contributed by atoms with Crippen LogP contribution in [0.3, 0.4) is 0 Å². The maximum absolute atomic E-state index is 13.3. The van der Waals surface area contributed by atoms with Gasteiger partial charge in [0.1, 0.15) is 5.75 Å². The minimum atomic E-state index is -5.20. The number of furan rings is 1. The summed E-state index contributed by atoms with van der Waals surface area (Å²) in [6, 6.07) is 6.73. The smallest absolute Gasteiger partial charge is 0.429 e. The minimum Gasteiger partial charge on any atom is -0.497 e. The van der Waals surface area contributed by atoms with E-state index in [0.29, 0.717) is 5.75 Å². The summed E-state index contributed by atoms with van der Waals surface area (Å²) in [5, 5.41) is 10.0. The standard InChI is InChI=1S/C14H11F3O4/c1-20-10-6-4-9(5-7-10)13(19,14(15,16)17)12(18)11-3-2-8-21-11/h2-8,19H,1H3/t13-/m0/s1. The molecule has 0 saturated heterocycles. The fourth-order valence-corrected chi connectivity index (χ4v) is 1.84. The third-order valence-electron chi connectivity index (χ3n) is 2.99. The molecule has 2 aromatic rings. The van der Waals surface area contributed by atoms with Crippen molar-refractivity contribution < 1.29 is 32.2 Å². The highest BCUT2D eigenvalue weighted by molar-refractivity contribution is 6.01. The van der Waals surface area contributed by atoms with Gasteiger partial charge in [-0.3, -0.25) is 4.79 Å². The molecule has 0 saturated carbocycles. The van der Waals surface area contributed by atoms with Crippen LogP contribution in [-0.2, 0) is 5.60 Å². The van der Waals surface area contributed by atoms with Gasteiger partial charge >= 0.3 is 6.18 Å². The lowest BCUT2D eigenvalue weighted by atomic mass is 9.87. The molecule has 0 aliphatic carbocycles. The van der Waals surface area contributed by atoms with E-state index in [1.54, 1.807) is 0 Å². The summed E-state index contributed by atoms with van der Waals surface area (Å²) in [7, 11) is 1.35. The molecule has 0 aliphatic rings. The Morgan fingerprint density at radius 1 is 1.19 bits per heavy atom. The molecule has 0 unspecified atom stereocenters. The van der Waals surface area contributed by atoms with Gasteiger partial charge < -0.3 is 14.3 Å².